The van der Waals surface area contributed by atoms with Crippen molar-refractivity contribution in [3.05, 3.63) is 283 Å². The smallest absolute Gasteiger partial charge is 0.261 e. The molecule has 0 saturated carbocycles. The molecule has 0 spiro atoms. The zero-order valence-electron chi connectivity index (χ0n) is 57.5. The van der Waals surface area contributed by atoms with Crippen LogP contribution in [0.3, 0.4) is 0 Å². The fraction of sp³-hybridized carbons (Fsp3) is 0.333. The van der Waals surface area contributed by atoms with E-state index >= 15 is 0 Å². The molecule has 9 aromatic carbocycles. The second kappa shape index (κ2) is 32.3. The standard InChI is InChI=1S/C46H45NO8.C38H43NO6/c1-31-17-18-38-42-39-26-41(53-29-34-13-7-4-8-14-34)40(52-28-33-11-5-3-6-12-33)25-35(39)27-46(42,30-54-43(38)32(31)2)55-24-23-51-22-21-50-20-19-47-44(48)36-15-9-10-16-37(36)45(47)49;1-27-13-14-32-36-33-22-35(43-25-30-11-7-4-8-12-30)34(42-24-29-9-5-3-6-10-29)21-31(33)23-38(36,26-44-37(32)28(27)2)45-20-19-41-18-17-40-16-15-39/h3-18,25-26,42H,19-24,27-30H2,1-2H3;3-14,21-22,36H,15-20,23-26,39H2,1-2H3. The molecule has 0 radical (unpaired) electrons. The lowest BCUT2D eigenvalue weighted by Gasteiger charge is -2.41. The molecule has 5 aliphatic rings. The Kier molecular flexibility index (Phi) is 22.3. The highest BCUT2D eigenvalue weighted by Crippen LogP contribution is 2.57. The van der Waals surface area contributed by atoms with Crippen LogP contribution in [0, 0.1) is 27.7 Å². The zero-order valence-corrected chi connectivity index (χ0v) is 57.5. The van der Waals surface area contributed by atoms with E-state index in [-0.39, 0.29) is 36.8 Å². The molecule has 16 nitrogen and oxygen atoms in total. The maximum absolute atomic E-state index is 12.6. The van der Waals surface area contributed by atoms with E-state index in [1.54, 1.807) is 24.3 Å². The zero-order chi connectivity index (χ0) is 68.8. The average Bonchev–Trinajstić information content (AvgIpc) is 1.55. The van der Waals surface area contributed by atoms with Crippen molar-refractivity contribution < 1.29 is 66.4 Å². The van der Waals surface area contributed by atoms with Crippen LogP contribution in [0.1, 0.15) is 110 Å². The Hall–Kier alpha value is -9.36. The first kappa shape index (κ1) is 69.1. The Bertz CT molecular complexity index is 4230. The number of nitrogens with zero attached hydrogens (tertiary/aromatic N) is 1. The van der Waals surface area contributed by atoms with Gasteiger partial charge in [-0.25, -0.2) is 0 Å². The van der Waals surface area contributed by atoms with Gasteiger partial charge in [-0.05, 0) is 131 Å². The Morgan fingerprint density at radius 2 is 0.740 bits per heavy atom. The number of imide groups is 1. The second-order valence-corrected chi connectivity index (χ2v) is 26.1. The summed E-state index contributed by atoms with van der Waals surface area (Å²) in [5.41, 5.74) is 21.1. The Balaban J connectivity index is 0.000000183. The van der Waals surface area contributed by atoms with Crippen LogP contribution in [0.2, 0.25) is 0 Å². The average molecular weight is 1350 g/mol. The van der Waals surface area contributed by atoms with E-state index in [0.717, 1.165) is 73.1 Å². The van der Waals surface area contributed by atoms with Crippen LogP contribution in [0.15, 0.2) is 194 Å². The van der Waals surface area contributed by atoms with E-state index in [4.69, 9.17) is 62.6 Å². The Morgan fingerprint density at radius 1 is 0.400 bits per heavy atom. The first-order valence-electron chi connectivity index (χ1n) is 34.7. The molecule has 16 heteroatoms. The molecule has 0 aromatic heterocycles. The third kappa shape index (κ3) is 15.5. The van der Waals surface area contributed by atoms with Gasteiger partial charge in [0.25, 0.3) is 11.8 Å². The molecule has 4 atom stereocenters. The van der Waals surface area contributed by atoms with Crippen LogP contribution in [0.4, 0.5) is 0 Å². The van der Waals surface area contributed by atoms with Gasteiger partial charge in [-0.1, -0.05) is 158 Å². The summed E-state index contributed by atoms with van der Waals surface area (Å²) in [7, 11) is 0. The molecule has 100 heavy (non-hydrogen) atoms. The van der Waals surface area contributed by atoms with E-state index in [2.05, 4.69) is 125 Å². The molecule has 2 amide bonds. The number of hydrogen-bond donors (Lipinski definition) is 1. The Morgan fingerprint density at radius 3 is 1.12 bits per heavy atom. The van der Waals surface area contributed by atoms with Gasteiger partial charge < -0.3 is 62.6 Å². The second-order valence-electron chi connectivity index (χ2n) is 26.1. The summed E-state index contributed by atoms with van der Waals surface area (Å²) in [5.74, 6) is 4.04. The van der Waals surface area contributed by atoms with Gasteiger partial charge in [-0.3, -0.25) is 14.5 Å². The van der Waals surface area contributed by atoms with Crippen LogP contribution in [0.25, 0.3) is 0 Å². The monoisotopic (exact) mass is 1350 g/mol. The molecule has 4 unspecified atom stereocenters. The van der Waals surface area contributed by atoms with Crippen molar-refractivity contribution in [2.24, 2.45) is 5.73 Å². The molecule has 14 rings (SSSR count). The number of aryl methyl sites for hydroxylation is 2. The predicted molar refractivity (Wildman–Crippen MR) is 381 cm³/mol. The maximum Gasteiger partial charge on any atom is 0.261 e. The minimum Gasteiger partial charge on any atom is -0.490 e. The summed E-state index contributed by atoms with van der Waals surface area (Å²) in [4.78, 5) is 26.5. The highest BCUT2D eigenvalue weighted by molar-refractivity contribution is 6.21. The molecule has 2 aliphatic carbocycles. The minimum absolute atomic E-state index is 0.0225. The van der Waals surface area contributed by atoms with Gasteiger partial charge in [0.2, 0.25) is 0 Å². The van der Waals surface area contributed by atoms with Crippen molar-refractivity contribution in [1.82, 2.24) is 4.90 Å². The number of carbonyl (C=O) groups is 2. The maximum atomic E-state index is 12.6. The summed E-state index contributed by atoms with van der Waals surface area (Å²) in [6.45, 7) is 15.8. The predicted octanol–water partition coefficient (Wildman–Crippen LogP) is 13.9. The number of rotatable bonds is 31. The highest BCUT2D eigenvalue weighted by atomic mass is 16.6. The van der Waals surface area contributed by atoms with Crippen molar-refractivity contribution in [3.63, 3.8) is 0 Å². The third-order valence-electron chi connectivity index (χ3n) is 19.5. The number of benzene rings is 9. The van der Waals surface area contributed by atoms with Crippen molar-refractivity contribution in [2.45, 2.75) is 90.0 Å². The quantitative estimate of drug-likeness (QED) is 0.0321. The molecular weight excluding hydrogens is 1260 g/mol. The molecular formula is C84H88N2O14. The van der Waals surface area contributed by atoms with E-state index < -0.39 is 11.2 Å². The molecule has 3 aliphatic heterocycles. The van der Waals surface area contributed by atoms with Gasteiger partial charge >= 0.3 is 0 Å². The number of ether oxygens (including phenoxy) is 12. The summed E-state index contributed by atoms with van der Waals surface area (Å²) < 4.78 is 75.5. The van der Waals surface area contributed by atoms with Crippen molar-refractivity contribution in [1.29, 1.82) is 0 Å². The summed E-state index contributed by atoms with van der Waals surface area (Å²) in [6, 6.07) is 64.9. The molecule has 3 heterocycles. The van der Waals surface area contributed by atoms with Crippen molar-refractivity contribution in [2.75, 3.05) is 92.4 Å². The van der Waals surface area contributed by atoms with Crippen molar-refractivity contribution >= 4 is 11.8 Å². The molecule has 2 N–H and O–H groups in total. The molecule has 0 fully saturated rings. The van der Waals surface area contributed by atoms with E-state index in [1.807, 2.05) is 72.8 Å². The van der Waals surface area contributed by atoms with Gasteiger partial charge in [0.1, 0.15) is 62.3 Å². The lowest BCUT2D eigenvalue weighted by atomic mass is 9.79. The fourth-order valence-electron chi connectivity index (χ4n) is 14.2. The topological polar surface area (TPSA) is 174 Å². The van der Waals surface area contributed by atoms with E-state index in [1.165, 1.54) is 32.7 Å². The molecule has 0 saturated heterocycles. The number of amides is 2. The SMILES string of the molecule is Cc1ccc2c(c1C)OCC1(OCCOCCOCCN)Cc3cc(OCc4ccccc4)c(OCc4ccccc4)cc3C21.Cc1ccc2c(c1C)OCC1(OCCOCCOCCN3C(=O)c4ccccc4C3=O)Cc3cc(OCc4ccccc4)c(OCc4ccccc4)cc3C21. The summed E-state index contributed by atoms with van der Waals surface area (Å²) in [6.07, 6.45) is 1.33. The van der Waals surface area contributed by atoms with E-state index in [0.29, 0.717) is 141 Å². The molecule has 9 aromatic rings. The Labute approximate surface area is 586 Å². The van der Waals surface area contributed by atoms with Crippen LogP contribution >= 0.6 is 0 Å². The van der Waals surface area contributed by atoms with Gasteiger partial charge in [0.15, 0.2) is 23.0 Å². The first-order chi connectivity index (χ1) is 49.0. The van der Waals surface area contributed by atoms with Crippen LogP contribution < -0.4 is 34.2 Å². The largest absolute Gasteiger partial charge is 0.490 e. The van der Waals surface area contributed by atoms with Crippen LogP contribution in [-0.2, 0) is 67.7 Å². The van der Waals surface area contributed by atoms with Gasteiger partial charge in [-0.15, -0.1) is 0 Å². The summed E-state index contributed by atoms with van der Waals surface area (Å²) in [5, 5.41) is 0. The minimum atomic E-state index is -0.655. The van der Waals surface area contributed by atoms with Gasteiger partial charge in [0.05, 0.1) is 83.7 Å². The van der Waals surface area contributed by atoms with Gasteiger partial charge in [0, 0.05) is 42.3 Å². The fourth-order valence-corrected chi connectivity index (χ4v) is 14.2. The lowest BCUT2D eigenvalue weighted by molar-refractivity contribution is -0.102. The number of nitrogens with two attached hydrogens (primary N) is 1. The first-order valence-corrected chi connectivity index (χ1v) is 34.7. The number of fused-ring (bicyclic) bond motifs is 11. The molecule has 0 bridgehead atoms. The highest BCUT2D eigenvalue weighted by Gasteiger charge is 2.54. The lowest BCUT2D eigenvalue weighted by Crippen LogP contribution is -2.47. The third-order valence-corrected chi connectivity index (χ3v) is 19.5. The summed E-state index contributed by atoms with van der Waals surface area (Å²) >= 11 is 0. The number of carbonyl (C=O) groups excluding carboxylic acids is 2. The van der Waals surface area contributed by atoms with Gasteiger partial charge in [-0.2, -0.15) is 0 Å². The van der Waals surface area contributed by atoms with Crippen LogP contribution in [-0.4, -0.2) is 120 Å². The molecule has 518 valence electrons. The van der Waals surface area contributed by atoms with Crippen molar-refractivity contribution in [3.8, 4) is 34.5 Å². The van der Waals surface area contributed by atoms with Crippen LogP contribution in [0.5, 0.6) is 34.5 Å². The normalized spacial score (nSPS) is 18.0. The number of hydrogen-bond acceptors (Lipinski definition) is 15. The van der Waals surface area contributed by atoms with E-state index in [9.17, 15) is 9.59 Å².